The SMILES string of the molecule is NC(N)=NC(N)=Nc1ccc(O)cc1F. The Labute approximate surface area is 84.9 Å². The lowest BCUT2D eigenvalue weighted by atomic mass is 10.3. The van der Waals surface area contributed by atoms with Crippen LogP contribution in [0, 0.1) is 5.82 Å². The quantitative estimate of drug-likeness (QED) is 0.377. The number of guanidine groups is 2. The van der Waals surface area contributed by atoms with Crippen molar-refractivity contribution < 1.29 is 9.50 Å². The molecule has 1 aromatic carbocycles. The topological polar surface area (TPSA) is 123 Å². The van der Waals surface area contributed by atoms with Crippen LogP contribution in [0.4, 0.5) is 10.1 Å². The van der Waals surface area contributed by atoms with Crippen molar-refractivity contribution in [1.82, 2.24) is 0 Å². The largest absolute Gasteiger partial charge is 0.508 e. The van der Waals surface area contributed by atoms with E-state index in [4.69, 9.17) is 22.3 Å². The van der Waals surface area contributed by atoms with Crippen molar-refractivity contribution in [2.75, 3.05) is 0 Å². The van der Waals surface area contributed by atoms with E-state index in [9.17, 15) is 4.39 Å². The lowest BCUT2D eigenvalue weighted by Gasteiger charge is -1.98. The van der Waals surface area contributed by atoms with E-state index in [2.05, 4.69) is 9.98 Å². The highest BCUT2D eigenvalue weighted by atomic mass is 19.1. The normalized spacial score (nSPS) is 11.1. The Bertz CT molecular complexity index is 425. The fraction of sp³-hybridized carbons (Fsp3) is 0. The Hall–Kier alpha value is -2.31. The Morgan fingerprint density at radius 3 is 2.47 bits per heavy atom. The molecular formula is C8H10FN5O. The van der Waals surface area contributed by atoms with Crippen molar-refractivity contribution in [2.45, 2.75) is 0 Å². The second kappa shape index (κ2) is 4.27. The smallest absolute Gasteiger partial charge is 0.223 e. The van der Waals surface area contributed by atoms with Gasteiger partial charge in [0.05, 0.1) is 0 Å². The minimum Gasteiger partial charge on any atom is -0.508 e. The summed E-state index contributed by atoms with van der Waals surface area (Å²) < 4.78 is 13.1. The predicted octanol–water partition coefficient (Wildman–Crippen LogP) is -0.249. The first-order valence-corrected chi connectivity index (χ1v) is 3.91. The van der Waals surface area contributed by atoms with Crippen LogP contribution in [0.15, 0.2) is 28.2 Å². The van der Waals surface area contributed by atoms with Crippen LogP contribution >= 0.6 is 0 Å². The molecule has 0 saturated carbocycles. The number of phenols is 1. The third kappa shape index (κ3) is 3.14. The molecule has 7 heteroatoms. The van der Waals surface area contributed by atoms with E-state index >= 15 is 0 Å². The van der Waals surface area contributed by atoms with Crippen molar-refractivity contribution in [2.24, 2.45) is 27.2 Å². The fourth-order valence-corrected chi connectivity index (χ4v) is 0.867. The molecule has 1 aromatic rings. The predicted molar refractivity (Wildman–Crippen MR) is 55.2 cm³/mol. The molecule has 0 amide bonds. The van der Waals surface area contributed by atoms with E-state index in [1.807, 2.05) is 0 Å². The lowest BCUT2D eigenvalue weighted by molar-refractivity contribution is 0.469. The molecule has 0 heterocycles. The molecule has 0 bridgehead atoms. The molecule has 0 radical (unpaired) electrons. The summed E-state index contributed by atoms with van der Waals surface area (Å²) in [5.41, 5.74) is 15.3. The molecule has 7 N–H and O–H groups in total. The zero-order chi connectivity index (χ0) is 11.4. The molecule has 0 fully saturated rings. The Morgan fingerprint density at radius 1 is 1.27 bits per heavy atom. The van der Waals surface area contributed by atoms with Gasteiger partial charge in [0.2, 0.25) is 5.96 Å². The van der Waals surface area contributed by atoms with Crippen LogP contribution in [0.2, 0.25) is 0 Å². The van der Waals surface area contributed by atoms with Gasteiger partial charge in [-0.15, -0.1) is 0 Å². The highest BCUT2D eigenvalue weighted by Gasteiger charge is 2.02. The molecule has 0 atom stereocenters. The molecule has 15 heavy (non-hydrogen) atoms. The molecule has 0 aliphatic heterocycles. The van der Waals surface area contributed by atoms with Crippen molar-refractivity contribution in [3.8, 4) is 5.75 Å². The maximum absolute atomic E-state index is 13.1. The number of aliphatic imine (C=N–C) groups is 2. The van der Waals surface area contributed by atoms with E-state index in [0.29, 0.717) is 0 Å². The number of hydrogen-bond donors (Lipinski definition) is 4. The van der Waals surface area contributed by atoms with Crippen molar-refractivity contribution in [3.05, 3.63) is 24.0 Å². The van der Waals surface area contributed by atoms with E-state index in [0.717, 1.165) is 6.07 Å². The average Bonchev–Trinajstić information content (AvgIpc) is 2.08. The number of rotatable bonds is 1. The van der Waals surface area contributed by atoms with Crippen LogP contribution in [0.5, 0.6) is 5.75 Å². The molecule has 0 saturated heterocycles. The maximum Gasteiger partial charge on any atom is 0.223 e. The second-order valence-corrected chi connectivity index (χ2v) is 2.64. The molecule has 0 aliphatic rings. The summed E-state index contributed by atoms with van der Waals surface area (Å²) in [5.74, 6) is -1.45. The first-order valence-electron chi connectivity index (χ1n) is 3.91. The molecule has 0 spiro atoms. The number of hydrogen-bond acceptors (Lipinski definition) is 2. The van der Waals surface area contributed by atoms with Gasteiger partial charge in [0.25, 0.3) is 0 Å². The summed E-state index contributed by atoms with van der Waals surface area (Å²) in [4.78, 5) is 7.01. The number of nitrogens with zero attached hydrogens (tertiary/aromatic N) is 2. The van der Waals surface area contributed by atoms with Gasteiger partial charge in [0.15, 0.2) is 11.8 Å². The monoisotopic (exact) mass is 211 g/mol. The first-order chi connectivity index (χ1) is 6.99. The first kappa shape index (κ1) is 10.8. The van der Waals surface area contributed by atoms with Gasteiger partial charge in [0, 0.05) is 6.07 Å². The van der Waals surface area contributed by atoms with Crippen LogP contribution in [0.3, 0.4) is 0 Å². The van der Waals surface area contributed by atoms with E-state index in [1.165, 1.54) is 12.1 Å². The van der Waals surface area contributed by atoms with Gasteiger partial charge < -0.3 is 22.3 Å². The number of benzene rings is 1. The Morgan fingerprint density at radius 2 is 1.93 bits per heavy atom. The standard InChI is InChI=1S/C8H10FN5O/c9-5-3-4(15)1-2-6(5)13-8(12)14-7(10)11/h1-3,15H,(H6,10,11,12,13,14). The summed E-state index contributed by atoms with van der Waals surface area (Å²) >= 11 is 0. The zero-order valence-corrected chi connectivity index (χ0v) is 7.68. The average molecular weight is 211 g/mol. The lowest BCUT2D eigenvalue weighted by Crippen LogP contribution is -2.26. The third-order valence-electron chi connectivity index (χ3n) is 1.41. The minimum atomic E-state index is -0.719. The van der Waals surface area contributed by atoms with E-state index < -0.39 is 5.82 Å². The Balaban J connectivity index is 3.03. The van der Waals surface area contributed by atoms with Crippen molar-refractivity contribution >= 4 is 17.6 Å². The second-order valence-electron chi connectivity index (χ2n) is 2.64. The molecule has 6 nitrogen and oxygen atoms in total. The van der Waals surface area contributed by atoms with E-state index in [-0.39, 0.29) is 23.4 Å². The van der Waals surface area contributed by atoms with E-state index in [1.54, 1.807) is 0 Å². The van der Waals surface area contributed by atoms with Gasteiger partial charge in [0.1, 0.15) is 11.4 Å². The third-order valence-corrected chi connectivity index (χ3v) is 1.41. The molecule has 80 valence electrons. The summed E-state index contributed by atoms with van der Waals surface area (Å²) in [7, 11) is 0. The number of aromatic hydroxyl groups is 1. The van der Waals surface area contributed by atoms with Crippen LogP contribution in [0.1, 0.15) is 0 Å². The summed E-state index contributed by atoms with van der Waals surface area (Å²) in [5, 5.41) is 8.93. The maximum atomic E-state index is 13.1. The highest BCUT2D eigenvalue weighted by Crippen LogP contribution is 2.21. The number of halogens is 1. The van der Waals surface area contributed by atoms with Gasteiger partial charge in [-0.2, -0.15) is 4.99 Å². The van der Waals surface area contributed by atoms with Gasteiger partial charge in [-0.25, -0.2) is 9.38 Å². The fourth-order valence-electron chi connectivity index (χ4n) is 0.867. The number of nitrogens with two attached hydrogens (primary N) is 3. The summed E-state index contributed by atoms with van der Waals surface area (Å²) in [6, 6.07) is 3.42. The molecule has 1 rings (SSSR count). The zero-order valence-electron chi connectivity index (χ0n) is 7.68. The molecule has 0 unspecified atom stereocenters. The van der Waals surface area contributed by atoms with Gasteiger partial charge in [-0.1, -0.05) is 0 Å². The van der Waals surface area contributed by atoms with Gasteiger partial charge in [-0.05, 0) is 12.1 Å². The van der Waals surface area contributed by atoms with Crippen molar-refractivity contribution in [3.63, 3.8) is 0 Å². The molecular weight excluding hydrogens is 201 g/mol. The van der Waals surface area contributed by atoms with Crippen molar-refractivity contribution in [1.29, 1.82) is 0 Å². The van der Waals surface area contributed by atoms with Gasteiger partial charge >= 0.3 is 0 Å². The van der Waals surface area contributed by atoms with Crippen LogP contribution in [-0.2, 0) is 0 Å². The highest BCUT2D eigenvalue weighted by molar-refractivity contribution is 5.93. The molecule has 0 aliphatic carbocycles. The summed E-state index contributed by atoms with van der Waals surface area (Å²) in [6.45, 7) is 0. The van der Waals surface area contributed by atoms with Crippen LogP contribution < -0.4 is 17.2 Å². The Kier molecular flexibility index (Phi) is 3.06. The van der Waals surface area contributed by atoms with Crippen LogP contribution in [0.25, 0.3) is 0 Å². The van der Waals surface area contributed by atoms with Gasteiger partial charge in [-0.3, -0.25) is 0 Å². The molecule has 0 aromatic heterocycles. The van der Waals surface area contributed by atoms with Crippen LogP contribution in [-0.4, -0.2) is 17.0 Å². The minimum absolute atomic E-state index is 0.0599. The summed E-state index contributed by atoms with van der Waals surface area (Å²) in [6.07, 6.45) is 0. The number of phenolic OH excluding ortho intramolecular Hbond substituents is 1.